The zero-order chi connectivity index (χ0) is 15.0. The van der Waals surface area contributed by atoms with Crippen molar-refractivity contribution >= 4 is 27.1 Å². The quantitative estimate of drug-likeness (QED) is 0.397. The molecule has 0 fully saturated rings. The van der Waals surface area contributed by atoms with Crippen LogP contribution in [0.25, 0.3) is 0 Å². The average Bonchev–Trinajstić information content (AvgIpc) is 2.72. The molecule has 3 heteroatoms. The molecule has 114 valence electrons. The Morgan fingerprint density at radius 2 is 1.55 bits per heavy atom. The van der Waals surface area contributed by atoms with E-state index in [1.165, 1.54) is 31.3 Å². The number of ether oxygens (including phenoxy) is 1. The molecule has 0 aromatic heterocycles. The van der Waals surface area contributed by atoms with Gasteiger partial charge >= 0.3 is 135 Å². The van der Waals surface area contributed by atoms with Crippen LogP contribution in [-0.4, -0.2) is 32.7 Å². The molecule has 0 aromatic rings. The normalized spacial score (nSPS) is 17.7. The van der Waals surface area contributed by atoms with Crippen LogP contribution in [0.2, 0.25) is 4.94 Å². The van der Waals surface area contributed by atoms with E-state index < -0.39 is 21.1 Å². The van der Waals surface area contributed by atoms with E-state index in [0.717, 1.165) is 35.7 Å². The molecule has 1 aliphatic rings. The fourth-order valence-electron chi connectivity index (χ4n) is 3.05. The maximum absolute atomic E-state index is 12.3. The number of rotatable bonds is 10. The molecule has 1 rings (SSSR count). The molecule has 0 aliphatic carbocycles. The second-order valence-corrected chi connectivity index (χ2v) is 8.65. The molecule has 0 amide bonds. The van der Waals surface area contributed by atoms with Crippen LogP contribution in [0.4, 0.5) is 0 Å². The van der Waals surface area contributed by atoms with E-state index in [2.05, 4.69) is 25.7 Å². The van der Waals surface area contributed by atoms with Crippen molar-refractivity contribution in [1.29, 1.82) is 0 Å². The van der Waals surface area contributed by atoms with Crippen molar-refractivity contribution in [2.75, 3.05) is 0 Å². The molecule has 0 atom stereocenters. The van der Waals surface area contributed by atoms with E-state index in [4.69, 9.17) is 4.74 Å². The third kappa shape index (κ3) is 4.25. The first-order valence-electron chi connectivity index (χ1n) is 8.29. The van der Waals surface area contributed by atoms with Crippen LogP contribution in [0, 0.1) is 0 Å². The van der Waals surface area contributed by atoms with E-state index in [9.17, 15) is 4.79 Å². The van der Waals surface area contributed by atoms with Crippen molar-refractivity contribution in [3.8, 4) is 0 Å². The van der Waals surface area contributed by atoms with Gasteiger partial charge in [-0.25, -0.2) is 0 Å². The minimum atomic E-state index is -0.725. The fourth-order valence-corrected chi connectivity index (χ4v) is 5.65. The van der Waals surface area contributed by atoms with Gasteiger partial charge < -0.3 is 0 Å². The Labute approximate surface area is 135 Å². The summed E-state index contributed by atoms with van der Waals surface area (Å²) >= 11 is -0.725. The summed E-state index contributed by atoms with van der Waals surface area (Å²) in [4.78, 5) is 14.5. The molecule has 0 unspecified atom stereocenters. The Hall–Kier alpha value is 0.00870. The first-order chi connectivity index (χ1) is 9.65. The summed E-state index contributed by atoms with van der Waals surface area (Å²) in [5.41, 5.74) is 1.20. The third-order valence-corrected chi connectivity index (χ3v) is 7.11. The topological polar surface area (TPSA) is 26.3 Å². The summed E-state index contributed by atoms with van der Waals surface area (Å²) < 4.78 is 7.14. The molecule has 0 bridgehead atoms. The first kappa shape index (κ1) is 18.1. The summed E-state index contributed by atoms with van der Waals surface area (Å²) in [5.74, 6) is 0.0393. The van der Waals surface area contributed by atoms with Crippen LogP contribution in [0.5, 0.6) is 0 Å². The number of hydrogen-bond donors (Lipinski definition) is 0. The van der Waals surface area contributed by atoms with Gasteiger partial charge in [-0.3, -0.25) is 0 Å². The van der Waals surface area contributed by atoms with Gasteiger partial charge in [-0.1, -0.05) is 0 Å². The van der Waals surface area contributed by atoms with Gasteiger partial charge in [0.15, 0.2) is 0 Å². The molecule has 0 spiro atoms. The summed E-state index contributed by atoms with van der Waals surface area (Å²) in [6.45, 7) is 6.66. The Balaban J connectivity index is 3.03. The standard InChI is InChI=1S/C16H27O2.CH3.Sn/c1-4-7-10-14-13-15(17)18-16(14,11-8-5-2)12-9-6-3;;/h4-12H2,1-3H3;1H3;. The Morgan fingerprint density at radius 1 is 1.00 bits per heavy atom. The summed E-state index contributed by atoms with van der Waals surface area (Å²) in [6.07, 6.45) is 10.2. The van der Waals surface area contributed by atoms with Gasteiger partial charge in [-0.2, -0.15) is 0 Å². The van der Waals surface area contributed by atoms with Crippen LogP contribution in [0.1, 0.15) is 78.6 Å². The Morgan fingerprint density at radius 3 is 2.00 bits per heavy atom. The maximum atomic E-state index is 12.3. The molecular weight excluding hydrogens is 355 g/mol. The number of carbonyl (C=O) groups is 1. The zero-order valence-corrected chi connectivity index (χ0v) is 16.5. The van der Waals surface area contributed by atoms with E-state index in [0.29, 0.717) is 0 Å². The number of unbranched alkanes of at least 4 members (excludes halogenated alkanes) is 3. The number of carbonyl (C=O) groups excluding carboxylic acids is 1. The monoisotopic (exact) mass is 386 g/mol. The third-order valence-electron chi connectivity index (χ3n) is 4.24. The van der Waals surface area contributed by atoms with Gasteiger partial charge in [0, 0.05) is 0 Å². The molecule has 0 saturated heterocycles. The molecule has 2 radical (unpaired) electrons. The molecule has 1 aliphatic heterocycles. The molecule has 0 aromatic carbocycles. The molecule has 0 N–H and O–H groups in total. The first-order valence-corrected chi connectivity index (χ1v) is 12.6. The summed E-state index contributed by atoms with van der Waals surface area (Å²) in [7, 11) is 0. The van der Waals surface area contributed by atoms with Crippen molar-refractivity contribution in [3.63, 3.8) is 0 Å². The average molecular weight is 385 g/mol. The fraction of sp³-hybridized carbons (Fsp3) is 0.824. The van der Waals surface area contributed by atoms with Gasteiger partial charge in [-0.15, -0.1) is 0 Å². The van der Waals surface area contributed by atoms with Crippen molar-refractivity contribution in [3.05, 3.63) is 9.16 Å². The van der Waals surface area contributed by atoms with Crippen LogP contribution < -0.4 is 0 Å². The molecular formula is C17H30O2Sn. The SMILES string of the molecule is CCCCC1=[C]([Sn][CH3])C(=O)OC1(CCCC)CCCC. The van der Waals surface area contributed by atoms with Crippen molar-refractivity contribution in [2.24, 2.45) is 0 Å². The van der Waals surface area contributed by atoms with Crippen molar-refractivity contribution in [1.82, 2.24) is 0 Å². The predicted octanol–water partition coefficient (Wildman–Crippen LogP) is 4.86. The van der Waals surface area contributed by atoms with Gasteiger partial charge in [0.25, 0.3) is 0 Å². The second-order valence-electron chi connectivity index (χ2n) is 5.80. The minimum absolute atomic E-state index is 0.0393. The van der Waals surface area contributed by atoms with Crippen LogP contribution in [0.15, 0.2) is 9.16 Å². The second kappa shape index (κ2) is 9.11. The van der Waals surface area contributed by atoms with Gasteiger partial charge in [0.2, 0.25) is 0 Å². The van der Waals surface area contributed by atoms with Crippen molar-refractivity contribution in [2.45, 2.75) is 89.1 Å². The van der Waals surface area contributed by atoms with Gasteiger partial charge in [0.1, 0.15) is 0 Å². The van der Waals surface area contributed by atoms with Crippen LogP contribution in [-0.2, 0) is 9.53 Å². The number of esters is 1. The van der Waals surface area contributed by atoms with Crippen molar-refractivity contribution < 1.29 is 9.53 Å². The van der Waals surface area contributed by atoms with Crippen LogP contribution >= 0.6 is 0 Å². The van der Waals surface area contributed by atoms with E-state index >= 15 is 0 Å². The van der Waals surface area contributed by atoms with Gasteiger partial charge in [-0.05, 0) is 0 Å². The Kier molecular flexibility index (Phi) is 8.23. The molecule has 20 heavy (non-hydrogen) atoms. The number of cyclic esters (lactones) is 1. The summed E-state index contributed by atoms with van der Waals surface area (Å²) in [5, 5.41) is 0. The number of hydrogen-bond acceptors (Lipinski definition) is 2. The van der Waals surface area contributed by atoms with E-state index in [1.807, 2.05) is 0 Å². The van der Waals surface area contributed by atoms with Crippen LogP contribution in [0.3, 0.4) is 0 Å². The predicted molar refractivity (Wildman–Crippen MR) is 86.0 cm³/mol. The summed E-state index contributed by atoms with van der Waals surface area (Å²) in [6, 6.07) is 0. The Bertz CT molecular complexity index is 339. The van der Waals surface area contributed by atoms with E-state index in [1.54, 1.807) is 0 Å². The van der Waals surface area contributed by atoms with Gasteiger partial charge in [0.05, 0.1) is 0 Å². The van der Waals surface area contributed by atoms with E-state index in [-0.39, 0.29) is 11.6 Å². The molecule has 2 nitrogen and oxygen atoms in total. The zero-order valence-electron chi connectivity index (χ0n) is 13.7. The molecule has 1 heterocycles. The molecule has 0 saturated carbocycles.